The minimum atomic E-state index is -4.45. The number of amides is 1. The molecule has 1 aliphatic heterocycles. The smallest absolute Gasteiger partial charge is 0.337 e. The molecule has 1 aliphatic rings. The van der Waals surface area contributed by atoms with Gasteiger partial charge >= 0.3 is 6.18 Å². The second kappa shape index (κ2) is 7.47. The van der Waals surface area contributed by atoms with E-state index in [1.807, 2.05) is 13.8 Å². The topological polar surface area (TPSA) is 77.0 Å². The number of carbonyl (C=O) groups is 1. The number of benzene rings is 1. The Bertz CT molecular complexity index is 821. The van der Waals surface area contributed by atoms with E-state index in [2.05, 4.69) is 10.3 Å². The van der Waals surface area contributed by atoms with Crippen LogP contribution in [0.4, 0.5) is 13.2 Å². The molecular weight excluding hydrogens is 383 g/mol. The molecule has 2 heterocycles. The molecule has 1 aromatic carbocycles. The van der Waals surface area contributed by atoms with Gasteiger partial charge in [0.2, 0.25) is 0 Å². The molecule has 1 fully saturated rings. The molecule has 3 rings (SSSR count). The van der Waals surface area contributed by atoms with Gasteiger partial charge in [-0.15, -0.1) is 17.5 Å². The highest BCUT2D eigenvalue weighted by molar-refractivity contribution is 5.92. The van der Waals surface area contributed by atoms with Gasteiger partial charge < -0.3 is 10.6 Å². The Kier molecular flexibility index (Phi) is 5.86. The summed E-state index contributed by atoms with van der Waals surface area (Å²) in [6.07, 6.45) is -2.42. The number of hydrogen-bond acceptors (Lipinski definition) is 4. The summed E-state index contributed by atoms with van der Waals surface area (Å²) < 4.78 is 39.7. The molecule has 0 spiro atoms. The van der Waals surface area contributed by atoms with Crippen molar-refractivity contribution in [3.8, 4) is 5.69 Å². The van der Waals surface area contributed by atoms with Crippen LogP contribution in [0.25, 0.3) is 5.69 Å². The number of halogens is 4. The Hall–Kier alpha value is -2.13. The van der Waals surface area contributed by atoms with Gasteiger partial charge in [0.1, 0.15) is 0 Å². The largest absolute Gasteiger partial charge is 0.416 e. The lowest BCUT2D eigenvalue weighted by Crippen LogP contribution is -2.54. The van der Waals surface area contributed by atoms with Crippen LogP contribution in [-0.2, 0) is 6.18 Å². The van der Waals surface area contributed by atoms with Crippen LogP contribution in [0.15, 0.2) is 30.5 Å². The van der Waals surface area contributed by atoms with Crippen molar-refractivity contribution in [1.29, 1.82) is 0 Å². The number of hydrogen-bond donors (Lipinski definition) is 1. The predicted molar refractivity (Wildman–Crippen MR) is 95.9 cm³/mol. The summed E-state index contributed by atoms with van der Waals surface area (Å²) in [6, 6.07) is 4.71. The monoisotopic (exact) mass is 403 g/mol. The number of alkyl halides is 3. The van der Waals surface area contributed by atoms with Gasteiger partial charge in [0.05, 0.1) is 17.4 Å². The van der Waals surface area contributed by atoms with Gasteiger partial charge in [0.15, 0.2) is 5.69 Å². The highest BCUT2D eigenvalue weighted by atomic mass is 35.5. The number of likely N-dealkylation sites (tertiary alicyclic amines) is 1. The molecule has 2 N–H and O–H groups in total. The fourth-order valence-electron chi connectivity index (χ4n) is 3.02. The summed E-state index contributed by atoms with van der Waals surface area (Å²) >= 11 is 0. The molecule has 27 heavy (non-hydrogen) atoms. The van der Waals surface area contributed by atoms with Crippen molar-refractivity contribution in [1.82, 2.24) is 19.9 Å². The van der Waals surface area contributed by atoms with Crippen LogP contribution < -0.4 is 5.73 Å². The van der Waals surface area contributed by atoms with E-state index in [0.29, 0.717) is 19.5 Å². The van der Waals surface area contributed by atoms with E-state index in [1.54, 1.807) is 4.90 Å². The average molecular weight is 404 g/mol. The number of carbonyl (C=O) groups excluding carboxylic acids is 1. The zero-order valence-corrected chi connectivity index (χ0v) is 15.7. The molecule has 10 heteroatoms. The molecule has 1 saturated heterocycles. The Labute approximate surface area is 160 Å². The first kappa shape index (κ1) is 21.2. The number of rotatable bonds is 2. The summed E-state index contributed by atoms with van der Waals surface area (Å²) in [6.45, 7) is 5.00. The summed E-state index contributed by atoms with van der Waals surface area (Å²) in [4.78, 5) is 14.3. The lowest BCUT2D eigenvalue weighted by molar-refractivity contribution is -0.137. The maximum atomic E-state index is 12.8. The lowest BCUT2D eigenvalue weighted by Gasteiger charge is -2.42. The fourth-order valence-corrected chi connectivity index (χ4v) is 3.02. The second-order valence-electron chi connectivity index (χ2n) is 7.21. The van der Waals surface area contributed by atoms with Gasteiger partial charge in [0, 0.05) is 19.1 Å². The van der Waals surface area contributed by atoms with Crippen molar-refractivity contribution in [2.75, 3.05) is 13.1 Å². The van der Waals surface area contributed by atoms with E-state index >= 15 is 0 Å². The number of nitrogens with zero attached hydrogens (tertiary/aromatic N) is 4. The summed E-state index contributed by atoms with van der Waals surface area (Å²) in [5, 5.41) is 7.64. The van der Waals surface area contributed by atoms with Crippen molar-refractivity contribution in [3.05, 3.63) is 41.7 Å². The third-order valence-corrected chi connectivity index (χ3v) is 4.75. The van der Waals surface area contributed by atoms with Crippen molar-refractivity contribution >= 4 is 18.3 Å². The van der Waals surface area contributed by atoms with Crippen LogP contribution in [0.3, 0.4) is 0 Å². The Morgan fingerprint density at radius 1 is 1.33 bits per heavy atom. The first-order valence-corrected chi connectivity index (χ1v) is 8.23. The second-order valence-corrected chi connectivity index (χ2v) is 7.21. The predicted octanol–water partition coefficient (Wildman–Crippen LogP) is 2.91. The van der Waals surface area contributed by atoms with Gasteiger partial charge in [-0.2, -0.15) is 13.2 Å². The molecule has 1 atom stereocenters. The van der Waals surface area contributed by atoms with Gasteiger partial charge in [-0.1, -0.05) is 25.1 Å². The lowest BCUT2D eigenvalue weighted by atomic mass is 9.79. The molecule has 0 radical (unpaired) electrons. The van der Waals surface area contributed by atoms with Crippen LogP contribution in [0.1, 0.15) is 36.3 Å². The van der Waals surface area contributed by atoms with E-state index in [0.717, 1.165) is 12.1 Å². The van der Waals surface area contributed by atoms with Crippen LogP contribution in [0.5, 0.6) is 0 Å². The van der Waals surface area contributed by atoms with Crippen LogP contribution in [0.2, 0.25) is 0 Å². The molecule has 6 nitrogen and oxygen atoms in total. The minimum absolute atomic E-state index is 0. The molecule has 1 aromatic heterocycles. The highest BCUT2D eigenvalue weighted by Crippen LogP contribution is 2.30. The van der Waals surface area contributed by atoms with E-state index in [9.17, 15) is 18.0 Å². The standard InChI is InChI=1S/C17H20F3N5O.ClH/c1-16(2)10-24(7-6-14(16)21)15(26)13-9-25(23-22-13)12-5-3-4-11(8-12)17(18,19)20;/h3-5,8-9,14H,6-7,10,21H2,1-2H3;1H. The first-order valence-electron chi connectivity index (χ1n) is 8.23. The molecule has 1 amide bonds. The summed E-state index contributed by atoms with van der Waals surface area (Å²) in [7, 11) is 0. The average Bonchev–Trinajstić information content (AvgIpc) is 3.06. The zero-order chi connectivity index (χ0) is 19.1. The maximum absolute atomic E-state index is 12.8. The fraction of sp³-hybridized carbons (Fsp3) is 0.471. The van der Waals surface area contributed by atoms with Crippen molar-refractivity contribution in [2.24, 2.45) is 11.1 Å². The van der Waals surface area contributed by atoms with E-state index in [-0.39, 0.29) is 41.2 Å². The molecule has 1 unspecified atom stereocenters. The van der Waals surface area contributed by atoms with E-state index < -0.39 is 11.7 Å². The normalized spacial score (nSPS) is 19.5. The first-order chi connectivity index (χ1) is 12.1. The van der Waals surface area contributed by atoms with Gasteiger partial charge in [0.25, 0.3) is 5.91 Å². The minimum Gasteiger partial charge on any atom is -0.337 e. The summed E-state index contributed by atoms with van der Waals surface area (Å²) in [5.74, 6) is -0.303. The SMILES string of the molecule is CC1(C)CN(C(=O)c2cn(-c3cccc(C(F)(F)F)c3)nn2)CCC1N.Cl. The maximum Gasteiger partial charge on any atom is 0.416 e. The third kappa shape index (κ3) is 4.41. The molecule has 0 saturated carbocycles. The number of nitrogens with two attached hydrogens (primary N) is 1. The molecule has 148 valence electrons. The zero-order valence-electron chi connectivity index (χ0n) is 14.9. The van der Waals surface area contributed by atoms with Crippen molar-refractivity contribution < 1.29 is 18.0 Å². The van der Waals surface area contributed by atoms with Gasteiger partial charge in [-0.3, -0.25) is 4.79 Å². The Balaban J connectivity index is 0.00000261. The van der Waals surface area contributed by atoms with E-state index in [4.69, 9.17) is 5.73 Å². The molecule has 2 aromatic rings. The van der Waals surface area contributed by atoms with Crippen molar-refractivity contribution in [2.45, 2.75) is 32.5 Å². The highest BCUT2D eigenvalue weighted by Gasteiger charge is 2.36. The van der Waals surface area contributed by atoms with Gasteiger partial charge in [-0.25, -0.2) is 4.68 Å². The molecular formula is C17H21ClF3N5O. The number of piperidine rings is 1. The van der Waals surface area contributed by atoms with Crippen LogP contribution in [0, 0.1) is 5.41 Å². The number of aromatic nitrogens is 3. The van der Waals surface area contributed by atoms with Crippen LogP contribution >= 0.6 is 12.4 Å². The third-order valence-electron chi connectivity index (χ3n) is 4.75. The van der Waals surface area contributed by atoms with Crippen LogP contribution in [-0.4, -0.2) is 44.9 Å². The van der Waals surface area contributed by atoms with Crippen molar-refractivity contribution in [3.63, 3.8) is 0 Å². The Morgan fingerprint density at radius 2 is 2.04 bits per heavy atom. The van der Waals surface area contributed by atoms with Gasteiger partial charge in [-0.05, 0) is 30.0 Å². The molecule has 0 aliphatic carbocycles. The summed E-state index contributed by atoms with van der Waals surface area (Å²) in [5.41, 5.74) is 5.36. The Morgan fingerprint density at radius 3 is 2.67 bits per heavy atom. The molecule has 0 bridgehead atoms. The quantitative estimate of drug-likeness (QED) is 0.836. The van der Waals surface area contributed by atoms with E-state index in [1.165, 1.54) is 23.0 Å².